The second-order valence-corrected chi connectivity index (χ2v) is 6.97. The minimum Gasteiger partial charge on any atom is -0.308 e. The van der Waals surface area contributed by atoms with Gasteiger partial charge >= 0.3 is 0 Å². The van der Waals surface area contributed by atoms with Crippen molar-refractivity contribution in [1.29, 1.82) is 0 Å². The molecule has 19 heavy (non-hydrogen) atoms. The molecule has 0 saturated heterocycles. The van der Waals surface area contributed by atoms with Crippen LogP contribution in [0.25, 0.3) is 0 Å². The Morgan fingerprint density at radius 2 is 1.84 bits per heavy atom. The zero-order valence-electron chi connectivity index (χ0n) is 11.5. The topological polar surface area (TPSA) is 75.2 Å². The Labute approximate surface area is 119 Å². The van der Waals surface area contributed by atoms with Crippen LogP contribution in [-0.4, -0.2) is 50.0 Å². The fourth-order valence-corrected chi connectivity index (χ4v) is 2.85. The fourth-order valence-electron chi connectivity index (χ4n) is 1.48. The van der Waals surface area contributed by atoms with Crippen LogP contribution in [0.1, 0.15) is 13.8 Å². The average molecular weight is 307 g/mol. The number of rotatable bonds is 6. The summed E-state index contributed by atoms with van der Waals surface area (Å²) in [6.45, 7) is 4.55. The lowest BCUT2D eigenvalue weighted by molar-refractivity contribution is 0.314. The van der Waals surface area contributed by atoms with Crippen LogP contribution < -0.4 is 4.72 Å². The monoisotopic (exact) mass is 306 g/mol. The normalized spacial score (nSPS) is 14.1. The Kier molecular flexibility index (Phi) is 5.66. The molecule has 1 aromatic rings. The molecule has 1 aromatic heterocycles. The molecule has 0 aliphatic rings. The number of aromatic nitrogens is 2. The van der Waals surface area contributed by atoms with Gasteiger partial charge in [0, 0.05) is 12.6 Å². The molecule has 1 unspecified atom stereocenters. The third-order valence-electron chi connectivity index (χ3n) is 2.58. The summed E-state index contributed by atoms with van der Waals surface area (Å²) in [5.74, 6) is 0.172. The lowest BCUT2D eigenvalue weighted by Gasteiger charge is -2.25. The van der Waals surface area contributed by atoms with Crippen LogP contribution in [0.2, 0.25) is 5.28 Å². The Balaban J connectivity index is 2.90. The number of sulfonamides is 1. The first kappa shape index (κ1) is 16.3. The number of hydrogen-bond donors (Lipinski definition) is 1. The van der Waals surface area contributed by atoms with Gasteiger partial charge in [-0.2, -0.15) is 0 Å². The van der Waals surface area contributed by atoms with Gasteiger partial charge in [0.1, 0.15) is 4.90 Å². The van der Waals surface area contributed by atoms with Crippen LogP contribution in [0.3, 0.4) is 0 Å². The first-order chi connectivity index (χ1) is 8.72. The third kappa shape index (κ3) is 5.02. The van der Waals surface area contributed by atoms with Crippen molar-refractivity contribution in [2.75, 3.05) is 20.6 Å². The number of nitrogens with zero attached hydrogens (tertiary/aromatic N) is 3. The highest BCUT2D eigenvalue weighted by Crippen LogP contribution is 2.11. The zero-order chi connectivity index (χ0) is 14.6. The van der Waals surface area contributed by atoms with E-state index < -0.39 is 10.0 Å². The van der Waals surface area contributed by atoms with Crippen molar-refractivity contribution < 1.29 is 8.42 Å². The van der Waals surface area contributed by atoms with E-state index in [2.05, 4.69) is 14.7 Å². The average Bonchev–Trinajstić information content (AvgIpc) is 2.27. The van der Waals surface area contributed by atoms with Crippen LogP contribution in [0.5, 0.6) is 0 Å². The molecular formula is C11H19ClN4O2S. The maximum Gasteiger partial charge on any atom is 0.243 e. The van der Waals surface area contributed by atoms with Crippen LogP contribution in [0.15, 0.2) is 17.3 Å². The van der Waals surface area contributed by atoms with Gasteiger partial charge in [0.15, 0.2) is 0 Å². The summed E-state index contributed by atoms with van der Waals surface area (Å²) in [6, 6.07) is -0.185. The van der Waals surface area contributed by atoms with Gasteiger partial charge in [-0.1, -0.05) is 13.8 Å². The van der Waals surface area contributed by atoms with Crippen molar-refractivity contribution in [3.8, 4) is 0 Å². The van der Waals surface area contributed by atoms with E-state index in [0.29, 0.717) is 6.54 Å². The predicted molar refractivity (Wildman–Crippen MR) is 74.5 cm³/mol. The van der Waals surface area contributed by atoms with E-state index in [-0.39, 0.29) is 22.1 Å². The Hall–Kier alpha value is -0.760. The van der Waals surface area contributed by atoms with Crippen LogP contribution in [0, 0.1) is 5.92 Å². The smallest absolute Gasteiger partial charge is 0.243 e. The van der Waals surface area contributed by atoms with Gasteiger partial charge in [0.05, 0.1) is 12.4 Å². The molecule has 1 heterocycles. The molecule has 6 nitrogen and oxygen atoms in total. The summed E-state index contributed by atoms with van der Waals surface area (Å²) in [7, 11) is 0.169. The molecular weight excluding hydrogens is 288 g/mol. The van der Waals surface area contributed by atoms with Crippen molar-refractivity contribution >= 4 is 21.6 Å². The number of nitrogens with one attached hydrogen (secondary N) is 1. The molecule has 1 atom stereocenters. The summed E-state index contributed by atoms with van der Waals surface area (Å²) in [5, 5.41) is 0.0210. The van der Waals surface area contributed by atoms with E-state index >= 15 is 0 Å². The molecule has 0 radical (unpaired) electrons. The molecule has 0 amide bonds. The van der Waals surface area contributed by atoms with E-state index in [0.717, 1.165) is 0 Å². The van der Waals surface area contributed by atoms with Crippen molar-refractivity contribution in [1.82, 2.24) is 19.6 Å². The quantitative estimate of drug-likeness (QED) is 0.793. The highest BCUT2D eigenvalue weighted by atomic mass is 35.5. The fraction of sp³-hybridized carbons (Fsp3) is 0.636. The van der Waals surface area contributed by atoms with E-state index in [1.54, 1.807) is 0 Å². The van der Waals surface area contributed by atoms with Gasteiger partial charge in [0.2, 0.25) is 15.3 Å². The molecule has 0 fully saturated rings. The highest BCUT2D eigenvalue weighted by Gasteiger charge is 2.23. The first-order valence-corrected chi connectivity index (χ1v) is 7.73. The summed E-state index contributed by atoms with van der Waals surface area (Å²) >= 11 is 5.54. The van der Waals surface area contributed by atoms with Gasteiger partial charge in [-0.15, -0.1) is 0 Å². The Bertz CT molecular complexity index is 502. The summed E-state index contributed by atoms with van der Waals surface area (Å²) in [4.78, 5) is 9.32. The number of hydrogen-bond acceptors (Lipinski definition) is 5. The van der Waals surface area contributed by atoms with Gasteiger partial charge in [0.25, 0.3) is 0 Å². The third-order valence-corrected chi connectivity index (χ3v) is 4.22. The number of likely N-dealkylation sites (N-methyl/N-ethyl adjacent to an activating group) is 1. The van der Waals surface area contributed by atoms with Crippen molar-refractivity contribution in [2.45, 2.75) is 24.8 Å². The Morgan fingerprint density at radius 1 is 1.32 bits per heavy atom. The second-order valence-electron chi connectivity index (χ2n) is 4.92. The van der Waals surface area contributed by atoms with E-state index in [1.807, 2.05) is 32.8 Å². The minimum absolute atomic E-state index is 0.0151. The predicted octanol–water partition coefficient (Wildman–Crippen LogP) is 0.994. The second kappa shape index (κ2) is 6.60. The van der Waals surface area contributed by atoms with Gasteiger partial charge in [-0.3, -0.25) is 0 Å². The molecule has 0 saturated carbocycles. The molecule has 8 heteroatoms. The lowest BCUT2D eigenvalue weighted by Crippen LogP contribution is -2.44. The highest BCUT2D eigenvalue weighted by molar-refractivity contribution is 7.89. The molecule has 0 bridgehead atoms. The van der Waals surface area contributed by atoms with Crippen molar-refractivity contribution in [3.63, 3.8) is 0 Å². The summed E-state index contributed by atoms with van der Waals surface area (Å²) < 4.78 is 27.0. The zero-order valence-corrected chi connectivity index (χ0v) is 13.0. The molecule has 0 aromatic carbocycles. The maximum atomic E-state index is 12.2. The van der Waals surface area contributed by atoms with Crippen molar-refractivity contribution in [3.05, 3.63) is 17.7 Å². The van der Waals surface area contributed by atoms with Gasteiger partial charge < -0.3 is 4.90 Å². The van der Waals surface area contributed by atoms with Crippen LogP contribution in [0.4, 0.5) is 0 Å². The van der Waals surface area contributed by atoms with Gasteiger partial charge in [-0.05, 0) is 31.6 Å². The number of halogens is 1. The minimum atomic E-state index is -3.63. The summed E-state index contributed by atoms with van der Waals surface area (Å²) in [6.07, 6.45) is 2.40. The van der Waals surface area contributed by atoms with Crippen LogP contribution >= 0.6 is 11.6 Å². The van der Waals surface area contributed by atoms with E-state index in [1.165, 1.54) is 12.4 Å². The molecule has 0 spiro atoms. The van der Waals surface area contributed by atoms with E-state index in [4.69, 9.17) is 11.6 Å². The SMILES string of the molecule is CC(C)C(CN(C)C)NS(=O)(=O)c1cnc(Cl)nc1. The largest absolute Gasteiger partial charge is 0.308 e. The maximum absolute atomic E-state index is 12.2. The summed E-state index contributed by atoms with van der Waals surface area (Å²) in [5.41, 5.74) is 0. The van der Waals surface area contributed by atoms with Gasteiger partial charge in [-0.25, -0.2) is 23.1 Å². The van der Waals surface area contributed by atoms with Crippen LogP contribution in [-0.2, 0) is 10.0 Å². The first-order valence-electron chi connectivity index (χ1n) is 5.87. The Morgan fingerprint density at radius 3 is 2.26 bits per heavy atom. The molecule has 108 valence electrons. The molecule has 1 N–H and O–H groups in total. The lowest BCUT2D eigenvalue weighted by atomic mass is 10.1. The molecule has 0 aliphatic carbocycles. The van der Waals surface area contributed by atoms with Crippen molar-refractivity contribution in [2.24, 2.45) is 5.92 Å². The molecule has 1 rings (SSSR count). The van der Waals surface area contributed by atoms with E-state index in [9.17, 15) is 8.42 Å². The standard InChI is InChI=1S/C11H19ClN4O2S/c1-8(2)10(7-16(3)4)15-19(17,18)9-5-13-11(12)14-6-9/h5-6,8,10,15H,7H2,1-4H3. The molecule has 0 aliphatic heterocycles.